The molecule has 19 heavy (non-hydrogen) atoms. The number of hydrogen-bond acceptors (Lipinski definition) is 2. The Kier molecular flexibility index (Phi) is 4.20. The lowest BCUT2D eigenvalue weighted by Crippen LogP contribution is -2.42. The van der Waals surface area contributed by atoms with Crippen LogP contribution in [-0.2, 0) is 0 Å². The zero-order valence-corrected chi connectivity index (χ0v) is 11.8. The van der Waals surface area contributed by atoms with Crippen LogP contribution in [0.25, 0.3) is 0 Å². The first kappa shape index (κ1) is 14.0. The van der Waals surface area contributed by atoms with Gasteiger partial charge in [0.2, 0.25) is 0 Å². The maximum Gasteiger partial charge on any atom is 0.254 e. The first-order valence-electron chi connectivity index (χ1n) is 6.74. The molecule has 0 saturated carbocycles. The van der Waals surface area contributed by atoms with Gasteiger partial charge in [-0.3, -0.25) is 4.79 Å². The van der Waals surface area contributed by atoms with Gasteiger partial charge in [-0.2, -0.15) is 0 Å². The van der Waals surface area contributed by atoms with Gasteiger partial charge in [0, 0.05) is 24.7 Å². The molecule has 2 rings (SSSR count). The van der Waals surface area contributed by atoms with Crippen molar-refractivity contribution in [2.75, 3.05) is 26.7 Å². The van der Waals surface area contributed by atoms with Crippen molar-refractivity contribution >= 4 is 5.91 Å². The summed E-state index contributed by atoms with van der Waals surface area (Å²) < 4.78 is 13.3. The van der Waals surface area contributed by atoms with Gasteiger partial charge in [0.1, 0.15) is 5.82 Å². The van der Waals surface area contributed by atoms with Crippen molar-refractivity contribution < 1.29 is 9.18 Å². The van der Waals surface area contributed by atoms with E-state index < -0.39 is 0 Å². The van der Waals surface area contributed by atoms with E-state index in [4.69, 9.17) is 0 Å². The normalized spacial score (nSPS) is 21.3. The molecule has 1 aromatic carbocycles. The molecule has 0 aromatic heterocycles. The number of aryl methyl sites for hydroxylation is 1. The average Bonchev–Trinajstić information content (AvgIpc) is 2.52. The Bertz CT molecular complexity index is 475. The summed E-state index contributed by atoms with van der Waals surface area (Å²) in [4.78, 5) is 16.7. The second-order valence-corrected chi connectivity index (χ2v) is 5.43. The van der Waals surface area contributed by atoms with Gasteiger partial charge in [0.05, 0.1) is 0 Å². The van der Waals surface area contributed by atoms with Gasteiger partial charge in [-0.05, 0) is 57.6 Å². The molecule has 1 atom stereocenters. The minimum Gasteiger partial charge on any atom is -0.335 e. The van der Waals surface area contributed by atoms with Crippen LogP contribution in [0.4, 0.5) is 4.39 Å². The largest absolute Gasteiger partial charge is 0.335 e. The summed E-state index contributed by atoms with van der Waals surface area (Å²) in [5, 5.41) is 0. The van der Waals surface area contributed by atoms with E-state index in [9.17, 15) is 9.18 Å². The Balaban J connectivity index is 2.20. The summed E-state index contributed by atoms with van der Waals surface area (Å²) in [6.07, 6.45) is 0.979. The molecule has 1 heterocycles. The molecule has 1 fully saturated rings. The Morgan fingerprint density at radius 3 is 2.79 bits per heavy atom. The third-order valence-electron chi connectivity index (χ3n) is 3.71. The van der Waals surface area contributed by atoms with Crippen molar-refractivity contribution in [3.8, 4) is 0 Å². The van der Waals surface area contributed by atoms with E-state index in [1.54, 1.807) is 19.1 Å². The van der Waals surface area contributed by atoms with Crippen molar-refractivity contribution in [2.24, 2.45) is 0 Å². The molecule has 0 aliphatic carbocycles. The van der Waals surface area contributed by atoms with Crippen LogP contribution >= 0.6 is 0 Å². The maximum atomic E-state index is 13.3. The lowest BCUT2D eigenvalue weighted by atomic mass is 10.1. The highest BCUT2D eigenvalue weighted by atomic mass is 19.1. The van der Waals surface area contributed by atoms with Crippen LogP contribution < -0.4 is 0 Å². The molecule has 4 heteroatoms. The highest BCUT2D eigenvalue weighted by Crippen LogP contribution is 2.16. The van der Waals surface area contributed by atoms with Crippen LogP contribution in [-0.4, -0.2) is 48.4 Å². The summed E-state index contributed by atoms with van der Waals surface area (Å²) in [5.41, 5.74) is 1.10. The molecular weight excluding hydrogens is 243 g/mol. The van der Waals surface area contributed by atoms with Crippen LogP contribution in [0.2, 0.25) is 0 Å². The number of rotatable bonds is 1. The van der Waals surface area contributed by atoms with E-state index in [2.05, 4.69) is 18.9 Å². The van der Waals surface area contributed by atoms with Crippen LogP contribution in [0.1, 0.15) is 29.3 Å². The van der Waals surface area contributed by atoms with Gasteiger partial charge in [-0.1, -0.05) is 0 Å². The van der Waals surface area contributed by atoms with Gasteiger partial charge < -0.3 is 9.80 Å². The minimum atomic E-state index is -0.264. The first-order chi connectivity index (χ1) is 8.99. The SMILES string of the molecule is Cc1cc(C(=O)N2CCCN(C)CC2C)ccc1F. The topological polar surface area (TPSA) is 23.6 Å². The van der Waals surface area contributed by atoms with Crippen molar-refractivity contribution in [3.05, 3.63) is 35.1 Å². The van der Waals surface area contributed by atoms with Gasteiger partial charge in [0.15, 0.2) is 0 Å². The van der Waals surface area contributed by atoms with E-state index in [0.717, 1.165) is 26.1 Å². The zero-order chi connectivity index (χ0) is 14.0. The van der Waals surface area contributed by atoms with Crippen LogP contribution in [0, 0.1) is 12.7 Å². The fraction of sp³-hybridized carbons (Fsp3) is 0.533. The lowest BCUT2D eigenvalue weighted by molar-refractivity contribution is 0.0696. The molecule has 0 N–H and O–H groups in total. The van der Waals surface area contributed by atoms with Crippen molar-refractivity contribution in [1.82, 2.24) is 9.80 Å². The molecule has 1 unspecified atom stereocenters. The standard InChI is InChI=1S/C15H21FN2O/c1-11-9-13(5-6-14(11)16)15(19)18-8-4-7-17(3)10-12(18)2/h5-6,9,12H,4,7-8,10H2,1-3H3. The highest BCUT2D eigenvalue weighted by molar-refractivity contribution is 5.94. The van der Waals surface area contributed by atoms with E-state index in [1.807, 2.05) is 4.90 Å². The molecule has 0 spiro atoms. The van der Waals surface area contributed by atoms with Crippen LogP contribution in [0.3, 0.4) is 0 Å². The summed E-state index contributed by atoms with van der Waals surface area (Å²) in [5.74, 6) is -0.258. The molecule has 1 aromatic rings. The summed E-state index contributed by atoms with van der Waals surface area (Å²) in [7, 11) is 2.08. The van der Waals surface area contributed by atoms with E-state index in [-0.39, 0.29) is 17.8 Å². The number of likely N-dealkylation sites (N-methyl/N-ethyl adjacent to an activating group) is 1. The predicted molar refractivity (Wildman–Crippen MR) is 73.7 cm³/mol. The number of hydrogen-bond donors (Lipinski definition) is 0. The van der Waals surface area contributed by atoms with Crippen molar-refractivity contribution in [1.29, 1.82) is 0 Å². The summed E-state index contributed by atoms with van der Waals surface area (Å²) in [6.45, 7) is 6.41. The number of nitrogens with zero attached hydrogens (tertiary/aromatic N) is 2. The number of carbonyl (C=O) groups is 1. The second-order valence-electron chi connectivity index (χ2n) is 5.43. The predicted octanol–water partition coefficient (Wildman–Crippen LogP) is 2.30. The zero-order valence-electron chi connectivity index (χ0n) is 11.8. The molecule has 0 radical (unpaired) electrons. The number of carbonyl (C=O) groups excluding carboxylic acids is 1. The number of halogens is 1. The minimum absolute atomic E-state index is 0.00546. The third-order valence-corrected chi connectivity index (χ3v) is 3.71. The maximum absolute atomic E-state index is 13.3. The Labute approximate surface area is 114 Å². The first-order valence-corrected chi connectivity index (χ1v) is 6.74. The molecular formula is C15H21FN2O. The van der Waals surface area contributed by atoms with Gasteiger partial charge in [-0.25, -0.2) is 4.39 Å². The van der Waals surface area contributed by atoms with Crippen molar-refractivity contribution in [2.45, 2.75) is 26.3 Å². The number of amides is 1. The molecule has 3 nitrogen and oxygen atoms in total. The monoisotopic (exact) mass is 264 g/mol. The number of benzene rings is 1. The van der Waals surface area contributed by atoms with Gasteiger partial charge >= 0.3 is 0 Å². The van der Waals surface area contributed by atoms with E-state index in [1.165, 1.54) is 6.07 Å². The molecule has 104 valence electrons. The highest BCUT2D eigenvalue weighted by Gasteiger charge is 2.25. The molecule has 1 aliphatic heterocycles. The molecule has 0 bridgehead atoms. The fourth-order valence-corrected chi connectivity index (χ4v) is 2.62. The fourth-order valence-electron chi connectivity index (χ4n) is 2.62. The van der Waals surface area contributed by atoms with E-state index >= 15 is 0 Å². The average molecular weight is 264 g/mol. The molecule has 1 amide bonds. The van der Waals surface area contributed by atoms with Crippen LogP contribution in [0.5, 0.6) is 0 Å². The lowest BCUT2D eigenvalue weighted by Gasteiger charge is -2.28. The third kappa shape index (κ3) is 3.13. The molecule has 1 aliphatic rings. The molecule has 1 saturated heterocycles. The summed E-state index contributed by atoms with van der Waals surface area (Å²) in [6, 6.07) is 4.77. The quantitative estimate of drug-likeness (QED) is 0.777. The van der Waals surface area contributed by atoms with Crippen molar-refractivity contribution in [3.63, 3.8) is 0 Å². The smallest absolute Gasteiger partial charge is 0.254 e. The van der Waals surface area contributed by atoms with Gasteiger partial charge in [-0.15, -0.1) is 0 Å². The Hall–Kier alpha value is -1.42. The van der Waals surface area contributed by atoms with Gasteiger partial charge in [0.25, 0.3) is 5.91 Å². The Morgan fingerprint density at radius 1 is 1.37 bits per heavy atom. The van der Waals surface area contributed by atoms with Crippen LogP contribution in [0.15, 0.2) is 18.2 Å². The summed E-state index contributed by atoms with van der Waals surface area (Å²) >= 11 is 0. The Morgan fingerprint density at radius 2 is 2.11 bits per heavy atom. The second kappa shape index (κ2) is 5.70. The van der Waals surface area contributed by atoms with E-state index in [0.29, 0.717) is 11.1 Å².